The Labute approximate surface area is 179 Å². The minimum Gasteiger partial charge on any atom is -0.451 e. The predicted octanol–water partition coefficient (Wildman–Crippen LogP) is 1.73. The number of rotatable bonds is 5. The van der Waals surface area contributed by atoms with Crippen LogP contribution in [-0.2, 0) is 16.1 Å². The summed E-state index contributed by atoms with van der Waals surface area (Å²) >= 11 is 0. The molecule has 0 atom stereocenters. The number of ether oxygens (including phenoxy) is 1. The number of nitrogens with one attached hydrogen (secondary N) is 1. The molecule has 31 heavy (non-hydrogen) atoms. The second kappa shape index (κ2) is 9.09. The third-order valence-electron chi connectivity index (χ3n) is 5.43. The summed E-state index contributed by atoms with van der Waals surface area (Å²) < 4.78 is 5.20. The Balaban J connectivity index is 1.30. The minimum absolute atomic E-state index is 0.00836. The van der Waals surface area contributed by atoms with E-state index in [1.807, 2.05) is 0 Å². The number of hydrogen-bond donors (Lipinski definition) is 1. The molecule has 0 spiro atoms. The van der Waals surface area contributed by atoms with Crippen LogP contribution in [0.2, 0.25) is 0 Å². The number of amides is 1. The van der Waals surface area contributed by atoms with Gasteiger partial charge < -0.3 is 9.64 Å². The monoisotopic (exact) mass is 420 g/mol. The first kappa shape index (κ1) is 20.7. The van der Waals surface area contributed by atoms with E-state index in [4.69, 9.17) is 4.74 Å². The molecule has 2 heterocycles. The highest BCUT2D eigenvalue weighted by Gasteiger charge is 2.23. The van der Waals surface area contributed by atoms with Crippen LogP contribution >= 0.6 is 0 Å². The van der Waals surface area contributed by atoms with Gasteiger partial charge in [0.05, 0.1) is 5.39 Å². The summed E-state index contributed by atoms with van der Waals surface area (Å²) in [5, 5.41) is 6.85. The molecule has 0 bridgehead atoms. The summed E-state index contributed by atoms with van der Waals surface area (Å²) in [4.78, 5) is 40.8. The van der Waals surface area contributed by atoms with Crippen LogP contribution in [0.15, 0.2) is 53.3 Å². The van der Waals surface area contributed by atoms with Crippen molar-refractivity contribution in [3.8, 4) is 0 Å². The molecule has 0 aliphatic carbocycles. The number of hydrogen-bond acceptors (Lipinski definition) is 6. The molecule has 4 rings (SSSR count). The van der Waals surface area contributed by atoms with Crippen molar-refractivity contribution in [2.75, 3.05) is 32.8 Å². The van der Waals surface area contributed by atoms with E-state index in [1.165, 1.54) is 11.1 Å². The molecule has 1 N–H and O–H groups in total. The first-order chi connectivity index (χ1) is 15.0. The fourth-order valence-corrected chi connectivity index (χ4v) is 3.78. The van der Waals surface area contributed by atoms with E-state index in [0.717, 1.165) is 19.6 Å². The molecule has 1 fully saturated rings. The number of aryl methyl sites for hydroxylation is 1. The van der Waals surface area contributed by atoms with Crippen molar-refractivity contribution in [2.45, 2.75) is 13.5 Å². The summed E-state index contributed by atoms with van der Waals surface area (Å²) in [6.45, 7) is 5.27. The van der Waals surface area contributed by atoms with Crippen LogP contribution in [0.5, 0.6) is 0 Å². The van der Waals surface area contributed by atoms with Gasteiger partial charge in [0.25, 0.3) is 11.5 Å². The van der Waals surface area contributed by atoms with Crippen LogP contribution in [0.4, 0.5) is 0 Å². The summed E-state index contributed by atoms with van der Waals surface area (Å²) in [7, 11) is 0. The fourth-order valence-electron chi connectivity index (χ4n) is 3.78. The molecule has 0 unspecified atom stereocenters. The maximum absolute atomic E-state index is 12.5. The Bertz CT molecular complexity index is 1170. The van der Waals surface area contributed by atoms with Crippen molar-refractivity contribution in [3.63, 3.8) is 0 Å². The highest BCUT2D eigenvalue weighted by molar-refractivity contribution is 6.02. The van der Waals surface area contributed by atoms with Crippen LogP contribution in [0.25, 0.3) is 10.8 Å². The van der Waals surface area contributed by atoms with Gasteiger partial charge in [0.1, 0.15) is 0 Å². The van der Waals surface area contributed by atoms with E-state index < -0.39 is 5.97 Å². The van der Waals surface area contributed by atoms with Gasteiger partial charge in [-0.05, 0) is 18.6 Å². The summed E-state index contributed by atoms with van der Waals surface area (Å²) in [5.74, 6) is -0.976. The van der Waals surface area contributed by atoms with Crippen LogP contribution in [0.3, 0.4) is 0 Å². The largest absolute Gasteiger partial charge is 0.451 e. The average Bonchev–Trinajstić information content (AvgIpc) is 2.78. The number of esters is 1. The molecule has 1 saturated heterocycles. The molecule has 3 aromatic rings. The number of carbonyl (C=O) groups is 2. The topological polar surface area (TPSA) is 95.6 Å². The third kappa shape index (κ3) is 4.80. The standard InChI is InChI=1S/C23H24N4O4/c1-16-5-4-6-17(13-16)14-26-9-11-27(12-10-26)20(28)15-31-23(30)21-18-7-2-3-8-19(18)22(29)25-24-21/h2-8,13H,9-12,14-15H2,1H3,(H,25,29). The van der Waals surface area contributed by atoms with Crippen LogP contribution in [-0.4, -0.2) is 64.7 Å². The quantitative estimate of drug-likeness (QED) is 0.632. The van der Waals surface area contributed by atoms with Crippen molar-refractivity contribution >= 4 is 22.6 Å². The zero-order valence-corrected chi connectivity index (χ0v) is 17.3. The lowest BCUT2D eigenvalue weighted by Crippen LogP contribution is -2.49. The minimum atomic E-state index is -0.737. The van der Waals surface area contributed by atoms with Gasteiger partial charge in [-0.25, -0.2) is 9.89 Å². The van der Waals surface area contributed by atoms with E-state index in [9.17, 15) is 14.4 Å². The van der Waals surface area contributed by atoms with E-state index in [0.29, 0.717) is 23.9 Å². The van der Waals surface area contributed by atoms with Crippen molar-refractivity contribution < 1.29 is 14.3 Å². The second-order valence-electron chi connectivity index (χ2n) is 7.67. The van der Waals surface area contributed by atoms with Crippen LogP contribution in [0, 0.1) is 6.92 Å². The molecule has 160 valence electrons. The Morgan fingerprint density at radius 1 is 1.03 bits per heavy atom. The van der Waals surface area contributed by atoms with Gasteiger partial charge >= 0.3 is 5.97 Å². The molecule has 0 radical (unpaired) electrons. The van der Waals surface area contributed by atoms with E-state index in [2.05, 4.69) is 46.3 Å². The highest BCUT2D eigenvalue weighted by Crippen LogP contribution is 2.14. The molecular formula is C23H24N4O4. The van der Waals surface area contributed by atoms with Gasteiger partial charge in [-0.1, -0.05) is 48.0 Å². The smallest absolute Gasteiger partial charge is 0.359 e. The van der Waals surface area contributed by atoms with Gasteiger partial charge in [-0.3, -0.25) is 14.5 Å². The molecule has 0 saturated carbocycles. The van der Waals surface area contributed by atoms with E-state index >= 15 is 0 Å². The number of piperazine rings is 1. The molecule has 1 aliphatic rings. The van der Waals surface area contributed by atoms with E-state index in [-0.39, 0.29) is 23.8 Å². The highest BCUT2D eigenvalue weighted by atomic mass is 16.5. The molecule has 1 aromatic heterocycles. The van der Waals surface area contributed by atoms with E-state index in [1.54, 1.807) is 29.2 Å². The number of benzene rings is 2. The predicted molar refractivity (Wildman–Crippen MR) is 116 cm³/mol. The lowest BCUT2D eigenvalue weighted by Gasteiger charge is -2.34. The SMILES string of the molecule is Cc1cccc(CN2CCN(C(=O)COC(=O)c3n[nH]c(=O)c4ccccc34)CC2)c1. The lowest BCUT2D eigenvalue weighted by atomic mass is 10.1. The van der Waals surface area contributed by atoms with Crippen molar-refractivity contribution in [1.29, 1.82) is 0 Å². The second-order valence-corrected chi connectivity index (χ2v) is 7.67. The molecule has 8 nitrogen and oxygen atoms in total. The molecule has 1 aliphatic heterocycles. The van der Waals surface area contributed by atoms with Crippen molar-refractivity contribution in [2.24, 2.45) is 0 Å². The van der Waals surface area contributed by atoms with Crippen molar-refractivity contribution in [1.82, 2.24) is 20.0 Å². The number of carbonyl (C=O) groups excluding carboxylic acids is 2. The normalized spacial score (nSPS) is 14.5. The van der Waals surface area contributed by atoms with Crippen molar-refractivity contribution in [3.05, 3.63) is 75.7 Å². The molecular weight excluding hydrogens is 396 g/mol. The van der Waals surface area contributed by atoms with Gasteiger partial charge in [-0.15, -0.1) is 0 Å². The fraction of sp³-hybridized carbons (Fsp3) is 0.304. The van der Waals surface area contributed by atoms with Gasteiger partial charge in [0.2, 0.25) is 0 Å². The molecule has 1 amide bonds. The molecule has 8 heteroatoms. The Morgan fingerprint density at radius 2 is 1.77 bits per heavy atom. The summed E-state index contributed by atoms with van der Waals surface area (Å²) in [5.41, 5.74) is 2.10. The van der Waals surface area contributed by atoms with Gasteiger partial charge in [0.15, 0.2) is 12.3 Å². The zero-order valence-electron chi connectivity index (χ0n) is 17.3. The number of H-pyrrole nitrogens is 1. The number of nitrogens with zero attached hydrogens (tertiary/aromatic N) is 3. The number of fused-ring (bicyclic) bond motifs is 1. The summed E-state index contributed by atoms with van der Waals surface area (Å²) in [6, 6.07) is 15.1. The van der Waals surface area contributed by atoms with Crippen LogP contribution in [0.1, 0.15) is 21.6 Å². The number of aromatic amines is 1. The summed E-state index contributed by atoms with van der Waals surface area (Å²) in [6.07, 6.45) is 0. The zero-order chi connectivity index (χ0) is 21.8. The van der Waals surface area contributed by atoms with Crippen LogP contribution < -0.4 is 5.56 Å². The Morgan fingerprint density at radius 3 is 2.52 bits per heavy atom. The molecule has 2 aromatic carbocycles. The lowest BCUT2D eigenvalue weighted by molar-refractivity contribution is -0.136. The maximum atomic E-state index is 12.5. The van der Waals surface area contributed by atoms with Gasteiger partial charge in [-0.2, -0.15) is 5.10 Å². The average molecular weight is 420 g/mol. The maximum Gasteiger partial charge on any atom is 0.359 e. The third-order valence-corrected chi connectivity index (χ3v) is 5.43. The Hall–Kier alpha value is -3.52. The number of aromatic nitrogens is 2. The first-order valence-corrected chi connectivity index (χ1v) is 10.2. The first-order valence-electron chi connectivity index (χ1n) is 10.2. The Kier molecular flexibility index (Phi) is 6.08. The van der Waals surface area contributed by atoms with Gasteiger partial charge in [0, 0.05) is 38.1 Å².